The van der Waals surface area contributed by atoms with Gasteiger partial charge in [-0.3, -0.25) is 0 Å². The first-order valence-electron chi connectivity index (χ1n) is 3.61. The Morgan fingerprint density at radius 2 is 2.33 bits per heavy atom. The van der Waals surface area contributed by atoms with Crippen LogP contribution in [0.2, 0.25) is 0 Å². The predicted octanol–water partition coefficient (Wildman–Crippen LogP) is 2.40. The summed E-state index contributed by atoms with van der Waals surface area (Å²) >= 11 is 2.24. The molecular formula is C9H9IN2. The first-order chi connectivity index (χ1) is 5.77. The zero-order valence-electron chi connectivity index (χ0n) is 6.76. The molecule has 0 aliphatic heterocycles. The summed E-state index contributed by atoms with van der Waals surface area (Å²) in [6, 6.07) is 8.18. The molecule has 0 saturated carbocycles. The number of rotatable bonds is 2. The van der Waals surface area contributed by atoms with Crippen molar-refractivity contribution in [3.05, 3.63) is 27.3 Å². The molecule has 1 N–H and O–H groups in total. The summed E-state index contributed by atoms with van der Waals surface area (Å²) in [6.45, 7) is 0. The van der Waals surface area contributed by atoms with E-state index >= 15 is 0 Å². The molecule has 1 aromatic carbocycles. The molecule has 0 atom stereocenters. The maximum absolute atomic E-state index is 8.55. The average molecular weight is 272 g/mol. The van der Waals surface area contributed by atoms with E-state index in [1.165, 1.54) is 0 Å². The van der Waals surface area contributed by atoms with Crippen molar-refractivity contribution in [2.75, 3.05) is 12.4 Å². The molecule has 0 heterocycles. The Morgan fingerprint density at radius 3 is 2.92 bits per heavy atom. The van der Waals surface area contributed by atoms with Crippen LogP contribution in [-0.4, -0.2) is 7.05 Å². The zero-order valence-corrected chi connectivity index (χ0v) is 8.92. The molecule has 0 aliphatic carbocycles. The quantitative estimate of drug-likeness (QED) is 0.839. The van der Waals surface area contributed by atoms with Crippen molar-refractivity contribution in [1.82, 2.24) is 0 Å². The topological polar surface area (TPSA) is 35.8 Å². The molecule has 0 spiro atoms. The Balaban J connectivity index is 3.05. The minimum absolute atomic E-state index is 0.465. The first-order valence-corrected chi connectivity index (χ1v) is 4.69. The first kappa shape index (κ1) is 9.33. The van der Waals surface area contributed by atoms with Crippen molar-refractivity contribution in [3.8, 4) is 6.07 Å². The van der Waals surface area contributed by atoms with Gasteiger partial charge in [0.25, 0.3) is 0 Å². The molecule has 0 aliphatic rings. The lowest BCUT2D eigenvalue weighted by molar-refractivity contribution is 1.25. The summed E-state index contributed by atoms with van der Waals surface area (Å²) in [5.41, 5.74) is 2.10. The van der Waals surface area contributed by atoms with Crippen molar-refractivity contribution in [3.63, 3.8) is 0 Å². The van der Waals surface area contributed by atoms with Gasteiger partial charge in [-0.05, 0) is 46.4 Å². The number of halogens is 1. The van der Waals surface area contributed by atoms with Gasteiger partial charge in [0.2, 0.25) is 0 Å². The maximum atomic E-state index is 8.55. The van der Waals surface area contributed by atoms with Crippen LogP contribution < -0.4 is 5.32 Å². The van der Waals surface area contributed by atoms with Crippen molar-refractivity contribution in [2.24, 2.45) is 0 Å². The highest BCUT2D eigenvalue weighted by molar-refractivity contribution is 14.1. The Hall–Kier alpha value is -0.760. The molecule has 0 fully saturated rings. The molecule has 0 aromatic heterocycles. The fourth-order valence-corrected chi connectivity index (χ4v) is 1.59. The second-order valence-electron chi connectivity index (χ2n) is 2.39. The van der Waals surface area contributed by atoms with Gasteiger partial charge in [0.15, 0.2) is 0 Å². The lowest BCUT2D eigenvalue weighted by atomic mass is 10.1. The summed E-state index contributed by atoms with van der Waals surface area (Å²) in [5, 5.41) is 11.6. The Morgan fingerprint density at radius 1 is 1.58 bits per heavy atom. The predicted molar refractivity (Wildman–Crippen MR) is 58.0 cm³/mol. The third-order valence-corrected chi connectivity index (χ3v) is 2.28. The van der Waals surface area contributed by atoms with E-state index in [-0.39, 0.29) is 0 Å². The third kappa shape index (κ3) is 2.11. The lowest BCUT2D eigenvalue weighted by Gasteiger charge is -2.05. The SMILES string of the molecule is CNc1ccc(I)cc1CC#N. The minimum atomic E-state index is 0.465. The van der Waals surface area contributed by atoms with Crippen molar-refractivity contribution >= 4 is 28.3 Å². The van der Waals surface area contributed by atoms with Crippen LogP contribution >= 0.6 is 22.6 Å². The van der Waals surface area contributed by atoms with E-state index < -0.39 is 0 Å². The maximum Gasteiger partial charge on any atom is 0.0670 e. The lowest BCUT2D eigenvalue weighted by Crippen LogP contribution is -1.94. The van der Waals surface area contributed by atoms with Crippen molar-refractivity contribution in [2.45, 2.75) is 6.42 Å². The molecule has 1 aromatic rings. The number of hydrogen-bond donors (Lipinski definition) is 1. The summed E-state index contributed by atoms with van der Waals surface area (Å²) < 4.78 is 1.16. The van der Waals surface area contributed by atoms with Gasteiger partial charge in [-0.25, -0.2) is 0 Å². The highest BCUT2D eigenvalue weighted by Crippen LogP contribution is 2.18. The highest BCUT2D eigenvalue weighted by Gasteiger charge is 1.99. The molecule has 1 rings (SSSR count). The molecule has 0 radical (unpaired) electrons. The van der Waals surface area contributed by atoms with Gasteiger partial charge in [0.1, 0.15) is 0 Å². The summed E-state index contributed by atoms with van der Waals surface area (Å²) in [7, 11) is 1.86. The smallest absolute Gasteiger partial charge is 0.0670 e. The number of nitriles is 1. The largest absolute Gasteiger partial charge is 0.388 e. The fraction of sp³-hybridized carbons (Fsp3) is 0.222. The molecule has 0 bridgehead atoms. The van der Waals surface area contributed by atoms with Crippen LogP contribution in [0.1, 0.15) is 5.56 Å². The van der Waals surface area contributed by atoms with E-state index in [2.05, 4.69) is 34.0 Å². The van der Waals surface area contributed by atoms with Crippen LogP contribution in [0.3, 0.4) is 0 Å². The number of nitrogens with zero attached hydrogens (tertiary/aromatic N) is 1. The molecule has 2 nitrogen and oxygen atoms in total. The standard InChI is InChI=1S/C9H9IN2/c1-12-9-3-2-8(10)6-7(9)4-5-11/h2-3,6,12H,4H2,1H3. The molecule has 62 valence electrons. The van der Waals surface area contributed by atoms with E-state index in [1.807, 2.05) is 25.2 Å². The van der Waals surface area contributed by atoms with Crippen molar-refractivity contribution in [1.29, 1.82) is 5.26 Å². The summed E-state index contributed by atoms with van der Waals surface area (Å²) in [6.07, 6.45) is 0.465. The zero-order chi connectivity index (χ0) is 8.97. The Labute approximate surface area is 85.7 Å². The van der Waals surface area contributed by atoms with E-state index in [9.17, 15) is 0 Å². The van der Waals surface area contributed by atoms with Crippen LogP contribution in [0.4, 0.5) is 5.69 Å². The average Bonchev–Trinajstić information content (AvgIpc) is 2.05. The molecule has 0 amide bonds. The molecule has 3 heteroatoms. The third-order valence-electron chi connectivity index (χ3n) is 1.61. The molecular weight excluding hydrogens is 263 g/mol. The van der Waals surface area contributed by atoms with Gasteiger partial charge in [0.05, 0.1) is 12.5 Å². The number of anilines is 1. The number of benzene rings is 1. The Kier molecular flexibility index (Phi) is 3.35. The second-order valence-corrected chi connectivity index (χ2v) is 3.63. The summed E-state index contributed by atoms with van der Waals surface area (Å²) in [5.74, 6) is 0. The van der Waals surface area contributed by atoms with Gasteiger partial charge < -0.3 is 5.32 Å². The van der Waals surface area contributed by atoms with E-state index in [0.29, 0.717) is 6.42 Å². The molecule has 0 saturated heterocycles. The van der Waals surface area contributed by atoms with Crippen LogP contribution in [0.25, 0.3) is 0 Å². The van der Waals surface area contributed by atoms with Crippen LogP contribution in [-0.2, 0) is 6.42 Å². The summed E-state index contributed by atoms with van der Waals surface area (Å²) in [4.78, 5) is 0. The van der Waals surface area contributed by atoms with Crippen LogP contribution in [0, 0.1) is 14.9 Å². The van der Waals surface area contributed by atoms with Gasteiger partial charge in [0, 0.05) is 16.3 Å². The van der Waals surface area contributed by atoms with Crippen LogP contribution in [0.15, 0.2) is 18.2 Å². The number of nitrogens with one attached hydrogen (secondary N) is 1. The highest BCUT2D eigenvalue weighted by atomic mass is 127. The van der Waals surface area contributed by atoms with E-state index in [1.54, 1.807) is 0 Å². The van der Waals surface area contributed by atoms with Crippen LogP contribution in [0.5, 0.6) is 0 Å². The van der Waals surface area contributed by atoms with E-state index in [4.69, 9.17) is 5.26 Å². The Bertz CT molecular complexity index is 315. The minimum Gasteiger partial charge on any atom is -0.388 e. The van der Waals surface area contributed by atoms with Gasteiger partial charge in [-0.15, -0.1) is 0 Å². The van der Waals surface area contributed by atoms with Crippen molar-refractivity contribution < 1.29 is 0 Å². The second kappa shape index (κ2) is 4.31. The molecule has 12 heavy (non-hydrogen) atoms. The van der Waals surface area contributed by atoms with E-state index in [0.717, 1.165) is 14.8 Å². The van der Waals surface area contributed by atoms with Gasteiger partial charge >= 0.3 is 0 Å². The fourth-order valence-electron chi connectivity index (χ4n) is 1.04. The van der Waals surface area contributed by atoms with Gasteiger partial charge in [-0.1, -0.05) is 0 Å². The van der Waals surface area contributed by atoms with Gasteiger partial charge in [-0.2, -0.15) is 5.26 Å². The number of hydrogen-bond acceptors (Lipinski definition) is 2. The normalized spacial score (nSPS) is 9.08. The molecule has 0 unspecified atom stereocenters. The monoisotopic (exact) mass is 272 g/mol.